The second-order valence-electron chi connectivity index (χ2n) is 7.27. The summed E-state index contributed by atoms with van der Waals surface area (Å²) < 4.78 is 0. The first-order valence-electron chi connectivity index (χ1n) is 10.1. The molecule has 1 N–H and O–H groups in total. The number of hydrogen-bond donors (Lipinski definition) is 1. The third kappa shape index (κ3) is 5.12. The Hall–Kier alpha value is -2.82. The molecule has 0 radical (unpaired) electrons. The number of anilines is 3. The lowest BCUT2D eigenvalue weighted by Gasteiger charge is -2.29. The van der Waals surface area contributed by atoms with Gasteiger partial charge in [0.05, 0.1) is 0 Å². The Morgan fingerprint density at radius 3 is 2.18 bits per heavy atom. The smallest absolute Gasteiger partial charge is 0.244 e. The molecular weight excluding hydrogens is 350 g/mol. The second kappa shape index (κ2) is 9.40. The topological polar surface area (TPSA) is 52.7 Å². The maximum Gasteiger partial charge on any atom is 0.244 e. The summed E-state index contributed by atoms with van der Waals surface area (Å²) in [6.45, 7) is 5.73. The standard InChI is InChI=1S/C23H29N3O2/c1-3-19-7-9-20(10-8-19)24-23(28)17-26(18(2)27)22-13-11-21(12-14-22)25-15-5-4-6-16-25/h7-14H,3-6,15-17H2,1-2H3,(H,24,28). The highest BCUT2D eigenvalue weighted by atomic mass is 16.2. The van der Waals surface area contributed by atoms with Crippen LogP contribution in [0.3, 0.4) is 0 Å². The minimum atomic E-state index is -0.209. The van der Waals surface area contributed by atoms with Crippen LogP contribution in [0, 0.1) is 0 Å². The van der Waals surface area contributed by atoms with Crippen molar-refractivity contribution in [3.63, 3.8) is 0 Å². The van der Waals surface area contributed by atoms with Crippen LogP contribution in [0.4, 0.5) is 17.1 Å². The number of hydrogen-bond acceptors (Lipinski definition) is 3. The molecule has 28 heavy (non-hydrogen) atoms. The Morgan fingerprint density at radius 1 is 0.964 bits per heavy atom. The van der Waals surface area contributed by atoms with Gasteiger partial charge in [-0.3, -0.25) is 9.59 Å². The fraction of sp³-hybridized carbons (Fsp3) is 0.391. The molecule has 0 atom stereocenters. The number of aryl methyl sites for hydroxylation is 1. The minimum Gasteiger partial charge on any atom is -0.372 e. The molecule has 1 aliphatic heterocycles. The summed E-state index contributed by atoms with van der Waals surface area (Å²) in [5, 5.41) is 2.87. The number of benzene rings is 2. The molecule has 0 unspecified atom stereocenters. The third-order valence-corrected chi connectivity index (χ3v) is 5.21. The Bertz CT molecular complexity index is 794. The average Bonchev–Trinajstić information content (AvgIpc) is 2.73. The van der Waals surface area contributed by atoms with E-state index in [1.165, 1.54) is 42.3 Å². The van der Waals surface area contributed by atoms with Crippen molar-refractivity contribution in [3.8, 4) is 0 Å². The van der Waals surface area contributed by atoms with Crippen LogP contribution >= 0.6 is 0 Å². The van der Waals surface area contributed by atoms with Crippen LogP contribution in [0.25, 0.3) is 0 Å². The van der Waals surface area contributed by atoms with Gasteiger partial charge in [0.15, 0.2) is 0 Å². The summed E-state index contributed by atoms with van der Waals surface area (Å²) >= 11 is 0. The van der Waals surface area contributed by atoms with Crippen LogP contribution in [0.1, 0.15) is 38.7 Å². The lowest BCUT2D eigenvalue weighted by Crippen LogP contribution is -2.36. The zero-order valence-electron chi connectivity index (χ0n) is 16.8. The van der Waals surface area contributed by atoms with Crippen LogP contribution < -0.4 is 15.1 Å². The predicted molar refractivity (Wildman–Crippen MR) is 115 cm³/mol. The molecule has 0 aliphatic carbocycles. The van der Waals surface area contributed by atoms with Crippen molar-refractivity contribution in [2.24, 2.45) is 0 Å². The van der Waals surface area contributed by atoms with Gasteiger partial charge >= 0.3 is 0 Å². The quantitative estimate of drug-likeness (QED) is 0.817. The lowest BCUT2D eigenvalue weighted by molar-refractivity contribution is -0.120. The van der Waals surface area contributed by atoms with E-state index in [0.717, 1.165) is 30.9 Å². The van der Waals surface area contributed by atoms with Crippen molar-refractivity contribution in [2.75, 3.05) is 34.8 Å². The molecule has 1 fully saturated rings. The van der Waals surface area contributed by atoms with Gasteiger partial charge in [-0.2, -0.15) is 0 Å². The Kier molecular flexibility index (Phi) is 6.69. The normalized spacial score (nSPS) is 13.9. The van der Waals surface area contributed by atoms with E-state index in [2.05, 4.69) is 17.1 Å². The molecular formula is C23H29N3O2. The number of nitrogens with zero attached hydrogens (tertiary/aromatic N) is 2. The summed E-state index contributed by atoms with van der Waals surface area (Å²) in [5.41, 5.74) is 3.88. The van der Waals surface area contributed by atoms with E-state index >= 15 is 0 Å². The molecule has 0 spiro atoms. The third-order valence-electron chi connectivity index (χ3n) is 5.21. The van der Waals surface area contributed by atoms with Crippen molar-refractivity contribution >= 4 is 28.9 Å². The van der Waals surface area contributed by atoms with Gasteiger partial charge in [-0.05, 0) is 67.6 Å². The molecule has 0 bridgehead atoms. The molecule has 0 aromatic heterocycles. The van der Waals surface area contributed by atoms with Gasteiger partial charge in [-0.15, -0.1) is 0 Å². The van der Waals surface area contributed by atoms with E-state index < -0.39 is 0 Å². The molecule has 5 nitrogen and oxygen atoms in total. The molecule has 1 heterocycles. The molecule has 1 saturated heterocycles. The van der Waals surface area contributed by atoms with E-state index in [9.17, 15) is 9.59 Å². The summed E-state index contributed by atoms with van der Waals surface area (Å²) in [6.07, 6.45) is 4.70. The summed E-state index contributed by atoms with van der Waals surface area (Å²) in [7, 11) is 0. The number of carbonyl (C=O) groups excluding carboxylic acids is 2. The molecule has 2 amide bonds. The Balaban J connectivity index is 1.65. The van der Waals surface area contributed by atoms with Crippen LogP contribution in [-0.2, 0) is 16.0 Å². The zero-order chi connectivity index (χ0) is 19.9. The van der Waals surface area contributed by atoms with Gasteiger partial charge in [-0.1, -0.05) is 19.1 Å². The van der Waals surface area contributed by atoms with Crippen molar-refractivity contribution in [2.45, 2.75) is 39.5 Å². The number of piperidine rings is 1. The van der Waals surface area contributed by atoms with E-state index in [4.69, 9.17) is 0 Å². The number of amides is 2. The molecule has 3 rings (SSSR count). The molecule has 148 valence electrons. The monoisotopic (exact) mass is 379 g/mol. The van der Waals surface area contributed by atoms with Crippen molar-refractivity contribution in [1.29, 1.82) is 0 Å². The Labute approximate surface area is 167 Å². The largest absolute Gasteiger partial charge is 0.372 e. The van der Waals surface area contributed by atoms with Crippen molar-refractivity contribution in [1.82, 2.24) is 0 Å². The molecule has 1 aliphatic rings. The van der Waals surface area contributed by atoms with Gasteiger partial charge < -0.3 is 15.1 Å². The van der Waals surface area contributed by atoms with Crippen LogP contribution in [-0.4, -0.2) is 31.4 Å². The van der Waals surface area contributed by atoms with E-state index in [0.29, 0.717) is 0 Å². The molecule has 0 saturated carbocycles. The first-order valence-corrected chi connectivity index (χ1v) is 10.1. The first kappa shape index (κ1) is 19.9. The maximum atomic E-state index is 12.5. The predicted octanol–water partition coefficient (Wildman–Crippen LogP) is 4.23. The van der Waals surface area contributed by atoms with Crippen molar-refractivity contribution < 1.29 is 9.59 Å². The molecule has 2 aromatic rings. The van der Waals surface area contributed by atoms with Crippen LogP contribution in [0.2, 0.25) is 0 Å². The van der Waals surface area contributed by atoms with Gasteiger partial charge in [0.2, 0.25) is 11.8 Å². The van der Waals surface area contributed by atoms with E-state index in [1.807, 2.05) is 48.5 Å². The highest BCUT2D eigenvalue weighted by Gasteiger charge is 2.17. The van der Waals surface area contributed by atoms with Gasteiger partial charge in [-0.25, -0.2) is 0 Å². The Morgan fingerprint density at radius 2 is 1.61 bits per heavy atom. The van der Waals surface area contributed by atoms with Gasteiger partial charge in [0.1, 0.15) is 6.54 Å². The maximum absolute atomic E-state index is 12.5. The highest BCUT2D eigenvalue weighted by molar-refractivity contribution is 6.01. The SMILES string of the molecule is CCc1ccc(NC(=O)CN(C(C)=O)c2ccc(N3CCCCC3)cc2)cc1. The van der Waals surface area contributed by atoms with Gasteiger partial charge in [0.25, 0.3) is 0 Å². The molecule has 5 heteroatoms. The first-order chi connectivity index (χ1) is 13.6. The fourth-order valence-electron chi connectivity index (χ4n) is 3.55. The van der Waals surface area contributed by atoms with Gasteiger partial charge in [0, 0.05) is 37.1 Å². The summed E-state index contributed by atoms with van der Waals surface area (Å²) in [5.74, 6) is -0.359. The van der Waals surface area contributed by atoms with Crippen LogP contribution in [0.5, 0.6) is 0 Å². The number of carbonyl (C=O) groups is 2. The fourth-order valence-corrected chi connectivity index (χ4v) is 3.55. The second-order valence-corrected chi connectivity index (χ2v) is 7.27. The summed E-state index contributed by atoms with van der Waals surface area (Å²) in [6, 6.07) is 15.7. The summed E-state index contributed by atoms with van der Waals surface area (Å²) in [4.78, 5) is 28.5. The van der Waals surface area contributed by atoms with E-state index in [1.54, 1.807) is 0 Å². The lowest BCUT2D eigenvalue weighted by atomic mass is 10.1. The number of rotatable bonds is 6. The molecule has 2 aromatic carbocycles. The minimum absolute atomic E-state index is 0.00603. The number of nitrogens with one attached hydrogen (secondary N) is 1. The van der Waals surface area contributed by atoms with E-state index in [-0.39, 0.29) is 18.4 Å². The van der Waals surface area contributed by atoms with Crippen molar-refractivity contribution in [3.05, 3.63) is 54.1 Å². The zero-order valence-corrected chi connectivity index (χ0v) is 16.8. The highest BCUT2D eigenvalue weighted by Crippen LogP contribution is 2.24. The van der Waals surface area contributed by atoms with Crippen LogP contribution in [0.15, 0.2) is 48.5 Å². The average molecular weight is 380 g/mol.